The lowest BCUT2D eigenvalue weighted by atomic mass is 9.52. The first-order valence-electron chi connectivity index (χ1n) is 12.2. The number of hydrogen-bond acceptors (Lipinski definition) is 2. The summed E-state index contributed by atoms with van der Waals surface area (Å²) in [5.74, 6) is 2.66. The number of aromatic amines is 1. The maximum Gasteiger partial charge on any atom is 0.119 e. The molecule has 1 saturated carbocycles. The van der Waals surface area contributed by atoms with E-state index in [1.54, 1.807) is 23.8 Å². The Kier molecular flexibility index (Phi) is 3.91. The number of hydrogen-bond donors (Lipinski definition) is 1. The van der Waals surface area contributed by atoms with Crippen molar-refractivity contribution in [3.8, 4) is 5.75 Å². The number of aromatic nitrogens is 1. The van der Waals surface area contributed by atoms with E-state index in [0.29, 0.717) is 12.0 Å². The largest absolute Gasteiger partial charge is 0.497 e. The molecule has 7 rings (SSSR count). The predicted molar refractivity (Wildman–Crippen MR) is 125 cm³/mol. The van der Waals surface area contributed by atoms with Gasteiger partial charge in [-0.15, -0.1) is 0 Å². The summed E-state index contributed by atoms with van der Waals surface area (Å²) in [5, 5.41) is 1.45. The number of likely N-dealkylation sites (tertiary alicyclic amines) is 1. The van der Waals surface area contributed by atoms with Crippen molar-refractivity contribution in [2.75, 3.05) is 20.2 Å². The van der Waals surface area contributed by atoms with E-state index in [1.165, 1.54) is 68.2 Å². The van der Waals surface area contributed by atoms with Gasteiger partial charge < -0.3 is 9.72 Å². The predicted octanol–water partition coefficient (Wildman–Crippen LogP) is 5.26. The van der Waals surface area contributed by atoms with E-state index in [2.05, 4.69) is 52.3 Å². The number of nitrogens with zero attached hydrogens (tertiary/aromatic N) is 1. The summed E-state index contributed by atoms with van der Waals surface area (Å²) in [5.41, 5.74) is 7.80. The van der Waals surface area contributed by atoms with E-state index < -0.39 is 0 Å². The van der Waals surface area contributed by atoms with Crippen LogP contribution in [0.15, 0.2) is 42.5 Å². The van der Waals surface area contributed by atoms with E-state index >= 15 is 0 Å². The molecule has 3 nitrogen and oxygen atoms in total. The first-order chi connectivity index (χ1) is 15.2. The highest BCUT2D eigenvalue weighted by Crippen LogP contribution is 2.56. The number of para-hydroxylation sites is 1. The van der Waals surface area contributed by atoms with Crippen LogP contribution in [-0.4, -0.2) is 36.1 Å². The molecule has 2 bridgehead atoms. The molecule has 1 N–H and O–H groups in total. The summed E-state index contributed by atoms with van der Waals surface area (Å²) < 4.78 is 5.69. The molecule has 1 aromatic heterocycles. The van der Waals surface area contributed by atoms with Gasteiger partial charge in [-0.1, -0.05) is 30.7 Å². The molecule has 3 aromatic rings. The average Bonchev–Trinajstić information content (AvgIpc) is 3.12. The Balaban J connectivity index is 1.38. The summed E-state index contributed by atoms with van der Waals surface area (Å²) in [6.45, 7) is 2.58. The second kappa shape index (κ2) is 6.62. The first-order valence-corrected chi connectivity index (χ1v) is 12.2. The Hall–Kier alpha value is -2.26. The third kappa shape index (κ3) is 2.56. The lowest BCUT2D eigenvalue weighted by Gasteiger charge is -2.59. The number of benzene rings is 2. The summed E-state index contributed by atoms with van der Waals surface area (Å²) in [6.07, 6.45) is 9.17. The maximum atomic E-state index is 5.69. The van der Waals surface area contributed by atoms with Crippen LogP contribution in [0.2, 0.25) is 0 Å². The smallest absolute Gasteiger partial charge is 0.119 e. The number of piperidine rings is 1. The molecular weight excluding hydrogens is 380 g/mol. The van der Waals surface area contributed by atoms with Crippen LogP contribution < -0.4 is 4.74 Å². The number of fused-ring (bicyclic) bond motifs is 4. The molecule has 0 amide bonds. The van der Waals surface area contributed by atoms with Crippen molar-refractivity contribution in [3.05, 3.63) is 64.8 Å². The third-order valence-corrected chi connectivity index (χ3v) is 9.31. The van der Waals surface area contributed by atoms with Crippen molar-refractivity contribution < 1.29 is 4.74 Å². The Bertz CT molecular complexity index is 1160. The number of H-pyrrole nitrogens is 1. The van der Waals surface area contributed by atoms with E-state index in [1.807, 2.05) is 0 Å². The molecule has 2 heterocycles. The molecule has 2 aromatic carbocycles. The molecule has 1 unspecified atom stereocenters. The maximum absolute atomic E-state index is 5.69. The van der Waals surface area contributed by atoms with Gasteiger partial charge in [-0.3, -0.25) is 4.90 Å². The molecule has 31 heavy (non-hydrogen) atoms. The Morgan fingerprint density at radius 1 is 1.13 bits per heavy atom. The molecule has 3 aliphatic carbocycles. The van der Waals surface area contributed by atoms with Crippen molar-refractivity contribution in [1.82, 2.24) is 9.88 Å². The van der Waals surface area contributed by atoms with Gasteiger partial charge >= 0.3 is 0 Å². The monoisotopic (exact) mass is 412 g/mol. The van der Waals surface area contributed by atoms with Crippen LogP contribution in [0.1, 0.15) is 48.1 Å². The number of ether oxygens (including phenoxy) is 1. The van der Waals surface area contributed by atoms with Crippen LogP contribution in [0.3, 0.4) is 0 Å². The highest BCUT2D eigenvalue weighted by atomic mass is 16.5. The zero-order valence-corrected chi connectivity index (χ0v) is 18.5. The first kappa shape index (κ1) is 18.3. The quantitative estimate of drug-likeness (QED) is 0.636. The van der Waals surface area contributed by atoms with Crippen LogP contribution in [0.4, 0.5) is 0 Å². The fourth-order valence-corrected chi connectivity index (χ4v) is 7.53. The van der Waals surface area contributed by atoms with Crippen molar-refractivity contribution in [3.63, 3.8) is 0 Å². The van der Waals surface area contributed by atoms with E-state index in [0.717, 1.165) is 18.1 Å². The summed E-state index contributed by atoms with van der Waals surface area (Å²) in [7, 11) is 1.81. The van der Waals surface area contributed by atoms with Gasteiger partial charge in [0, 0.05) is 34.6 Å². The lowest BCUT2D eigenvalue weighted by Crippen LogP contribution is -2.63. The molecule has 0 radical (unpaired) electrons. The molecule has 4 aliphatic rings. The zero-order chi connectivity index (χ0) is 20.6. The molecule has 1 aliphatic heterocycles. The van der Waals surface area contributed by atoms with Crippen LogP contribution in [-0.2, 0) is 24.7 Å². The van der Waals surface area contributed by atoms with E-state index in [4.69, 9.17) is 4.74 Å². The second-order valence-electron chi connectivity index (χ2n) is 10.6. The van der Waals surface area contributed by atoms with Gasteiger partial charge in [-0.25, -0.2) is 0 Å². The Labute approximate surface area is 184 Å². The molecule has 1 saturated heterocycles. The minimum absolute atomic E-state index is 0.247. The van der Waals surface area contributed by atoms with Gasteiger partial charge in [0.2, 0.25) is 0 Å². The van der Waals surface area contributed by atoms with E-state index in [-0.39, 0.29) is 5.41 Å². The molecule has 2 fully saturated rings. The van der Waals surface area contributed by atoms with Crippen LogP contribution in [0.5, 0.6) is 5.75 Å². The van der Waals surface area contributed by atoms with Crippen molar-refractivity contribution in [2.45, 2.75) is 56.4 Å². The molecule has 0 spiro atoms. The average molecular weight is 413 g/mol. The van der Waals surface area contributed by atoms with Gasteiger partial charge in [-0.2, -0.15) is 0 Å². The van der Waals surface area contributed by atoms with Crippen molar-refractivity contribution in [2.24, 2.45) is 11.8 Å². The topological polar surface area (TPSA) is 28.3 Å². The minimum atomic E-state index is 0.247. The molecule has 3 atom stereocenters. The van der Waals surface area contributed by atoms with Crippen molar-refractivity contribution in [1.29, 1.82) is 0 Å². The Morgan fingerprint density at radius 3 is 2.87 bits per heavy atom. The fraction of sp³-hybridized carbons (Fsp3) is 0.500. The van der Waals surface area contributed by atoms with Gasteiger partial charge in [0.15, 0.2) is 0 Å². The SMILES string of the molecule is COc1ccc2c(c1)[C@]13CCN(CC4CCC4)[C@H](C2)C1Cc1c([nH]c2ccccc12)C3. The zero-order valence-electron chi connectivity index (χ0n) is 18.5. The summed E-state index contributed by atoms with van der Waals surface area (Å²) in [4.78, 5) is 6.73. The van der Waals surface area contributed by atoms with Gasteiger partial charge in [0.1, 0.15) is 5.75 Å². The number of nitrogens with one attached hydrogen (secondary N) is 1. The lowest BCUT2D eigenvalue weighted by molar-refractivity contribution is -0.00774. The van der Waals surface area contributed by atoms with Gasteiger partial charge in [-0.05, 0) is 91.8 Å². The summed E-state index contributed by atoms with van der Waals surface area (Å²) in [6, 6.07) is 16.5. The van der Waals surface area contributed by atoms with E-state index in [9.17, 15) is 0 Å². The number of methoxy groups -OCH3 is 1. The van der Waals surface area contributed by atoms with Crippen LogP contribution >= 0.6 is 0 Å². The highest BCUT2D eigenvalue weighted by Gasteiger charge is 2.55. The standard InChI is InChI=1S/C28H32N2O/c1-31-20-10-9-19-13-27-24-15-22-21-7-2-3-8-25(21)29-26(22)16-28(24,23(19)14-20)11-12-30(27)17-18-5-4-6-18/h2-3,7-10,14,18,24,27,29H,4-6,11-13,15-17H2,1H3/t24?,27-,28-/m1/s1. The van der Waals surface area contributed by atoms with Crippen LogP contribution in [0.25, 0.3) is 10.9 Å². The fourth-order valence-electron chi connectivity index (χ4n) is 7.53. The molecule has 160 valence electrons. The highest BCUT2D eigenvalue weighted by molar-refractivity contribution is 5.85. The van der Waals surface area contributed by atoms with Crippen molar-refractivity contribution >= 4 is 10.9 Å². The minimum Gasteiger partial charge on any atom is -0.497 e. The van der Waals surface area contributed by atoms with Gasteiger partial charge in [0.25, 0.3) is 0 Å². The normalized spacial score (nSPS) is 29.7. The summed E-state index contributed by atoms with van der Waals surface area (Å²) >= 11 is 0. The molecule has 3 heteroatoms. The third-order valence-electron chi connectivity index (χ3n) is 9.31. The van der Waals surface area contributed by atoms with Gasteiger partial charge in [0.05, 0.1) is 7.11 Å². The number of rotatable bonds is 3. The molecular formula is C28H32N2O. The Morgan fingerprint density at radius 2 is 2.03 bits per heavy atom. The second-order valence-corrected chi connectivity index (χ2v) is 10.6. The van der Waals surface area contributed by atoms with Crippen LogP contribution in [0, 0.1) is 11.8 Å².